The van der Waals surface area contributed by atoms with Crippen LogP contribution in [0.3, 0.4) is 0 Å². The number of nitrogens with one attached hydrogen (secondary N) is 3. The van der Waals surface area contributed by atoms with Gasteiger partial charge in [0.05, 0.1) is 5.52 Å². The lowest BCUT2D eigenvalue weighted by atomic mass is 10.1. The molecule has 0 bridgehead atoms. The topological polar surface area (TPSA) is 86.5 Å². The molecule has 4 rings (SSSR count). The Kier molecular flexibility index (Phi) is 5.36. The number of halogens is 1. The molecule has 3 N–H and O–H groups in total. The summed E-state index contributed by atoms with van der Waals surface area (Å²) in [5, 5.41) is 11.5. The van der Waals surface area contributed by atoms with Crippen molar-refractivity contribution >= 4 is 28.4 Å². The monoisotopic (exact) mass is 407 g/mol. The number of rotatable bonds is 6. The molecule has 2 aromatic carbocycles. The van der Waals surface area contributed by atoms with Crippen molar-refractivity contribution in [3.05, 3.63) is 70.3 Å². The van der Waals surface area contributed by atoms with Crippen LogP contribution in [0.2, 0.25) is 5.02 Å². The molecule has 0 aliphatic rings. The van der Waals surface area contributed by atoms with Gasteiger partial charge < -0.3 is 10.3 Å². The number of hydrogen-bond acceptors (Lipinski definition) is 3. The van der Waals surface area contributed by atoms with Gasteiger partial charge >= 0.3 is 0 Å². The molecule has 29 heavy (non-hydrogen) atoms. The number of carbonyl (C=O) groups is 1. The third kappa shape index (κ3) is 4.17. The number of aryl methyl sites for hydroxylation is 3. The van der Waals surface area contributed by atoms with E-state index in [1.165, 1.54) is 0 Å². The van der Waals surface area contributed by atoms with Gasteiger partial charge in [0.25, 0.3) is 0 Å². The normalized spacial score (nSPS) is 11.1. The quantitative estimate of drug-likeness (QED) is 0.440. The fraction of sp³-hybridized carbons (Fsp3) is 0.227. The van der Waals surface area contributed by atoms with E-state index in [1.54, 1.807) is 0 Å². The average Bonchev–Trinajstić information content (AvgIpc) is 3.28. The summed E-state index contributed by atoms with van der Waals surface area (Å²) >= 11 is 6.36. The Hall–Kier alpha value is -3.12. The molecule has 0 saturated heterocycles. The molecule has 1 amide bonds. The van der Waals surface area contributed by atoms with E-state index in [1.807, 2.05) is 37.3 Å². The molecule has 0 aliphatic carbocycles. The molecule has 6 nitrogen and oxygen atoms in total. The average molecular weight is 408 g/mol. The van der Waals surface area contributed by atoms with Gasteiger partial charge in [0.15, 0.2) is 5.82 Å². The van der Waals surface area contributed by atoms with E-state index >= 15 is 0 Å². The van der Waals surface area contributed by atoms with Gasteiger partial charge in [0, 0.05) is 35.5 Å². The van der Waals surface area contributed by atoms with Crippen molar-refractivity contribution in [2.24, 2.45) is 0 Å². The highest BCUT2D eigenvalue weighted by atomic mass is 35.5. The predicted molar refractivity (Wildman–Crippen MR) is 115 cm³/mol. The Morgan fingerprint density at radius 2 is 1.97 bits per heavy atom. The van der Waals surface area contributed by atoms with Crippen LogP contribution in [-0.4, -0.2) is 26.1 Å². The third-order valence-corrected chi connectivity index (χ3v) is 5.19. The number of H-pyrrole nitrogens is 2. The van der Waals surface area contributed by atoms with E-state index in [4.69, 9.17) is 11.6 Å². The number of aromatic amines is 2. The summed E-state index contributed by atoms with van der Waals surface area (Å²) in [5.74, 6) is 1.35. The molecule has 0 saturated carbocycles. The van der Waals surface area contributed by atoms with Crippen molar-refractivity contribution < 1.29 is 4.79 Å². The first-order valence-electron chi connectivity index (χ1n) is 9.52. The van der Waals surface area contributed by atoms with Crippen LogP contribution in [0.1, 0.15) is 29.2 Å². The van der Waals surface area contributed by atoms with Crippen LogP contribution >= 0.6 is 11.6 Å². The summed E-state index contributed by atoms with van der Waals surface area (Å²) in [6, 6.07) is 14.0. The molecule has 0 fully saturated rings. The van der Waals surface area contributed by atoms with E-state index in [-0.39, 0.29) is 5.91 Å². The van der Waals surface area contributed by atoms with Crippen molar-refractivity contribution in [1.29, 1.82) is 0 Å². The third-order valence-electron chi connectivity index (χ3n) is 4.97. The van der Waals surface area contributed by atoms with E-state index in [9.17, 15) is 4.79 Å². The van der Waals surface area contributed by atoms with Crippen LogP contribution in [0.4, 0.5) is 0 Å². The second-order valence-corrected chi connectivity index (χ2v) is 7.53. The van der Waals surface area contributed by atoms with Gasteiger partial charge in [0.1, 0.15) is 5.82 Å². The summed E-state index contributed by atoms with van der Waals surface area (Å²) in [7, 11) is 0. The van der Waals surface area contributed by atoms with Crippen molar-refractivity contribution in [2.45, 2.75) is 33.2 Å². The largest absolute Gasteiger partial charge is 0.354 e. The van der Waals surface area contributed by atoms with Crippen molar-refractivity contribution in [2.75, 3.05) is 0 Å². The molecular weight excluding hydrogens is 386 g/mol. The minimum atomic E-state index is -0.0489. The van der Waals surface area contributed by atoms with E-state index < -0.39 is 0 Å². The molecule has 0 aliphatic heterocycles. The van der Waals surface area contributed by atoms with Crippen LogP contribution < -0.4 is 5.32 Å². The first-order chi connectivity index (χ1) is 14.0. The lowest BCUT2D eigenvalue weighted by Crippen LogP contribution is -2.23. The predicted octanol–water partition coefficient (Wildman–Crippen LogP) is 4.47. The zero-order chi connectivity index (χ0) is 20.4. The van der Waals surface area contributed by atoms with Gasteiger partial charge in [-0.05, 0) is 42.7 Å². The second-order valence-electron chi connectivity index (χ2n) is 7.09. The molecule has 148 valence electrons. The van der Waals surface area contributed by atoms with Gasteiger partial charge in [-0.25, -0.2) is 4.98 Å². The summed E-state index contributed by atoms with van der Waals surface area (Å²) in [6.45, 7) is 4.32. The Bertz CT molecular complexity index is 1160. The van der Waals surface area contributed by atoms with Gasteiger partial charge in [-0.2, -0.15) is 5.10 Å². The Morgan fingerprint density at radius 3 is 2.69 bits per heavy atom. The van der Waals surface area contributed by atoms with Crippen LogP contribution in [0.15, 0.2) is 42.5 Å². The molecule has 7 heteroatoms. The van der Waals surface area contributed by atoms with Gasteiger partial charge in [-0.3, -0.25) is 9.89 Å². The number of fused-ring (bicyclic) bond motifs is 1. The van der Waals surface area contributed by atoms with Crippen LogP contribution in [-0.2, 0) is 17.8 Å². The summed E-state index contributed by atoms with van der Waals surface area (Å²) in [6.07, 6.45) is 0.834. The number of aromatic nitrogens is 4. The van der Waals surface area contributed by atoms with E-state index in [2.05, 4.69) is 44.5 Å². The molecule has 2 aromatic heterocycles. The van der Waals surface area contributed by atoms with Gasteiger partial charge in [-0.1, -0.05) is 41.9 Å². The first kappa shape index (κ1) is 19.2. The molecule has 0 unspecified atom stereocenters. The molecule has 0 atom stereocenters. The molecule has 4 aromatic rings. The fourth-order valence-corrected chi connectivity index (χ4v) is 3.74. The maximum atomic E-state index is 12.3. The Morgan fingerprint density at radius 1 is 1.17 bits per heavy atom. The van der Waals surface area contributed by atoms with Crippen molar-refractivity contribution in [3.63, 3.8) is 0 Å². The number of nitrogens with zero attached hydrogens (tertiary/aromatic N) is 2. The maximum Gasteiger partial charge on any atom is 0.220 e. The summed E-state index contributed by atoms with van der Waals surface area (Å²) in [4.78, 5) is 20.0. The van der Waals surface area contributed by atoms with Gasteiger partial charge in [0.2, 0.25) is 5.91 Å². The fourth-order valence-electron chi connectivity index (χ4n) is 3.50. The minimum absolute atomic E-state index is 0.0489. The van der Waals surface area contributed by atoms with Crippen molar-refractivity contribution in [3.8, 4) is 11.3 Å². The van der Waals surface area contributed by atoms with E-state index in [0.29, 0.717) is 30.2 Å². The zero-order valence-corrected chi connectivity index (χ0v) is 17.1. The number of benzene rings is 2. The number of hydrogen-bond donors (Lipinski definition) is 3. The Balaban J connectivity index is 1.53. The van der Waals surface area contributed by atoms with Crippen LogP contribution in [0.5, 0.6) is 0 Å². The standard InChI is InChI=1S/C22H22ClN5O/c1-13-18-11-17(23)10-16(22(18)26-21(13)15-6-4-3-5-7-15)12-24-20(29)9-8-19-25-14(2)27-28-19/h3-7,10-11,26H,8-9,12H2,1-2H3,(H,24,29)(H,25,27,28). The molecular formula is C22H22ClN5O. The molecule has 0 radical (unpaired) electrons. The highest BCUT2D eigenvalue weighted by molar-refractivity contribution is 6.31. The smallest absolute Gasteiger partial charge is 0.220 e. The Labute approximate surface area is 173 Å². The number of carbonyl (C=O) groups excluding carboxylic acids is 1. The highest BCUT2D eigenvalue weighted by Gasteiger charge is 2.14. The maximum absolute atomic E-state index is 12.3. The minimum Gasteiger partial charge on any atom is -0.354 e. The number of amides is 1. The molecule has 2 heterocycles. The lowest BCUT2D eigenvalue weighted by Gasteiger charge is -2.07. The van der Waals surface area contributed by atoms with Crippen LogP contribution in [0, 0.1) is 13.8 Å². The summed E-state index contributed by atoms with van der Waals surface area (Å²) < 4.78 is 0. The zero-order valence-electron chi connectivity index (χ0n) is 16.3. The SMILES string of the molecule is Cc1nc(CCC(=O)NCc2cc(Cl)cc3c(C)c(-c4ccccc4)[nH]c23)n[nH]1. The van der Waals surface area contributed by atoms with Crippen molar-refractivity contribution in [1.82, 2.24) is 25.5 Å². The summed E-state index contributed by atoms with van der Waals surface area (Å²) in [5.41, 5.74) is 5.28. The first-order valence-corrected chi connectivity index (χ1v) is 9.90. The highest BCUT2D eigenvalue weighted by Crippen LogP contribution is 2.33. The molecule has 0 spiro atoms. The second kappa shape index (κ2) is 8.09. The van der Waals surface area contributed by atoms with E-state index in [0.717, 1.165) is 39.1 Å². The van der Waals surface area contributed by atoms with Crippen LogP contribution in [0.25, 0.3) is 22.2 Å². The van der Waals surface area contributed by atoms with Gasteiger partial charge in [-0.15, -0.1) is 0 Å². The lowest BCUT2D eigenvalue weighted by molar-refractivity contribution is -0.121.